The summed E-state index contributed by atoms with van der Waals surface area (Å²) in [5.41, 5.74) is 0.739. The first-order valence-electron chi connectivity index (χ1n) is 8.27. The average Bonchev–Trinajstić information content (AvgIpc) is 3.00. The van der Waals surface area contributed by atoms with E-state index < -0.39 is 11.7 Å². The molecule has 2 aromatic carbocycles. The van der Waals surface area contributed by atoms with Crippen LogP contribution in [0.25, 0.3) is 0 Å². The van der Waals surface area contributed by atoms with Gasteiger partial charge in [-0.15, -0.1) is 0 Å². The van der Waals surface area contributed by atoms with Crippen LogP contribution in [0.3, 0.4) is 0 Å². The fourth-order valence-corrected chi connectivity index (χ4v) is 3.23. The zero-order chi connectivity index (χ0) is 18.7. The number of hydrogen-bond acceptors (Lipinski definition) is 3. The molecule has 0 aromatic heterocycles. The highest BCUT2D eigenvalue weighted by Gasteiger charge is 2.36. The first kappa shape index (κ1) is 18.4. The Bertz CT molecular complexity index is 843. The number of hydrogen-bond donors (Lipinski definition) is 1. The number of benzene rings is 2. The number of ether oxygens (including phenoxy) is 1. The van der Waals surface area contributed by atoms with Crippen LogP contribution >= 0.6 is 15.9 Å². The number of para-hydroxylation sites is 2. The van der Waals surface area contributed by atoms with Gasteiger partial charge in [-0.05, 0) is 37.3 Å². The second-order valence-corrected chi connectivity index (χ2v) is 6.84. The molecule has 0 saturated carbocycles. The molecule has 1 N–H and O–H groups in total. The maximum atomic E-state index is 13.9. The molecular weight excluding hydrogens is 403 g/mol. The molecule has 1 fully saturated rings. The molecule has 7 heteroatoms. The van der Waals surface area contributed by atoms with Gasteiger partial charge in [0.25, 0.3) is 0 Å². The third kappa shape index (κ3) is 3.88. The molecule has 3 rings (SSSR count). The van der Waals surface area contributed by atoms with Crippen LogP contribution in [-0.2, 0) is 9.59 Å². The lowest BCUT2D eigenvalue weighted by Gasteiger charge is -2.20. The van der Waals surface area contributed by atoms with Crippen LogP contribution in [0, 0.1) is 11.7 Å². The first-order chi connectivity index (χ1) is 12.5. The summed E-state index contributed by atoms with van der Waals surface area (Å²) in [4.78, 5) is 26.5. The monoisotopic (exact) mass is 420 g/mol. The van der Waals surface area contributed by atoms with E-state index in [2.05, 4.69) is 21.2 Å². The summed E-state index contributed by atoms with van der Waals surface area (Å²) in [7, 11) is 0. The second kappa shape index (κ2) is 7.86. The standard InChI is InChI=1S/C19H18BrFN2O3/c1-2-26-17-6-4-3-5-16(17)23-11-12(9-18(23)24)19(25)22-15-8-7-13(20)10-14(15)21/h3-8,10,12H,2,9,11H2,1H3,(H,22,25)/t12-/m1/s1. The van der Waals surface area contributed by atoms with Crippen molar-refractivity contribution in [1.82, 2.24) is 0 Å². The Balaban J connectivity index is 1.74. The van der Waals surface area contributed by atoms with Crippen molar-refractivity contribution >= 4 is 39.1 Å². The molecule has 0 bridgehead atoms. The van der Waals surface area contributed by atoms with Crippen LogP contribution in [0.5, 0.6) is 5.75 Å². The average molecular weight is 421 g/mol. The Morgan fingerprint density at radius 1 is 1.35 bits per heavy atom. The Morgan fingerprint density at radius 2 is 2.12 bits per heavy atom. The lowest BCUT2D eigenvalue weighted by molar-refractivity contribution is -0.122. The minimum Gasteiger partial charge on any atom is -0.492 e. The normalized spacial score (nSPS) is 16.7. The summed E-state index contributed by atoms with van der Waals surface area (Å²) in [5.74, 6) is -1.02. The number of carbonyl (C=O) groups excluding carboxylic acids is 2. The van der Waals surface area contributed by atoms with Crippen molar-refractivity contribution < 1.29 is 18.7 Å². The van der Waals surface area contributed by atoms with Crippen molar-refractivity contribution in [2.24, 2.45) is 5.92 Å². The fraction of sp³-hybridized carbons (Fsp3) is 0.263. The topological polar surface area (TPSA) is 58.6 Å². The highest BCUT2D eigenvalue weighted by atomic mass is 79.9. The van der Waals surface area contributed by atoms with Crippen LogP contribution < -0.4 is 15.0 Å². The summed E-state index contributed by atoms with van der Waals surface area (Å²) in [5, 5.41) is 2.57. The number of anilines is 2. The molecule has 0 aliphatic carbocycles. The molecule has 0 spiro atoms. The van der Waals surface area contributed by atoms with E-state index in [1.165, 1.54) is 12.1 Å². The lowest BCUT2D eigenvalue weighted by Crippen LogP contribution is -2.28. The van der Waals surface area contributed by atoms with Gasteiger partial charge in [-0.3, -0.25) is 9.59 Å². The summed E-state index contributed by atoms with van der Waals surface area (Å²) < 4.78 is 20.1. The molecule has 1 aliphatic heterocycles. The molecule has 26 heavy (non-hydrogen) atoms. The fourth-order valence-electron chi connectivity index (χ4n) is 2.90. The van der Waals surface area contributed by atoms with E-state index in [1.54, 1.807) is 23.1 Å². The molecule has 2 aromatic rings. The number of halogens is 2. The molecule has 2 amide bonds. The second-order valence-electron chi connectivity index (χ2n) is 5.92. The van der Waals surface area contributed by atoms with Gasteiger partial charge in [-0.2, -0.15) is 0 Å². The van der Waals surface area contributed by atoms with Crippen molar-refractivity contribution in [3.05, 3.63) is 52.8 Å². The summed E-state index contributed by atoms with van der Waals surface area (Å²) in [6.45, 7) is 2.57. The van der Waals surface area contributed by atoms with E-state index in [1.807, 2.05) is 19.1 Å². The number of amides is 2. The van der Waals surface area contributed by atoms with E-state index >= 15 is 0 Å². The van der Waals surface area contributed by atoms with Gasteiger partial charge in [0.05, 0.1) is 23.9 Å². The van der Waals surface area contributed by atoms with E-state index in [9.17, 15) is 14.0 Å². The Kier molecular flexibility index (Phi) is 5.56. The Morgan fingerprint density at radius 3 is 2.85 bits per heavy atom. The minimum absolute atomic E-state index is 0.0738. The smallest absolute Gasteiger partial charge is 0.229 e. The predicted molar refractivity (Wildman–Crippen MR) is 101 cm³/mol. The van der Waals surface area contributed by atoms with Gasteiger partial charge in [0.1, 0.15) is 11.6 Å². The van der Waals surface area contributed by atoms with Gasteiger partial charge in [0.15, 0.2) is 0 Å². The molecule has 1 heterocycles. The molecule has 5 nitrogen and oxygen atoms in total. The largest absolute Gasteiger partial charge is 0.492 e. The van der Waals surface area contributed by atoms with Gasteiger partial charge < -0.3 is 15.0 Å². The maximum absolute atomic E-state index is 13.9. The Labute approximate surface area is 159 Å². The van der Waals surface area contributed by atoms with E-state index in [4.69, 9.17) is 4.74 Å². The third-order valence-electron chi connectivity index (χ3n) is 4.14. The van der Waals surface area contributed by atoms with Gasteiger partial charge in [-0.25, -0.2) is 4.39 Å². The minimum atomic E-state index is -0.555. The van der Waals surface area contributed by atoms with E-state index in [0.29, 0.717) is 22.5 Å². The maximum Gasteiger partial charge on any atom is 0.229 e. The van der Waals surface area contributed by atoms with Gasteiger partial charge in [0, 0.05) is 17.4 Å². The predicted octanol–water partition coefficient (Wildman–Crippen LogP) is 3.98. The van der Waals surface area contributed by atoms with Crippen LogP contribution in [-0.4, -0.2) is 25.0 Å². The highest BCUT2D eigenvalue weighted by molar-refractivity contribution is 9.10. The summed E-state index contributed by atoms with van der Waals surface area (Å²) >= 11 is 3.17. The highest BCUT2D eigenvalue weighted by Crippen LogP contribution is 2.33. The van der Waals surface area contributed by atoms with Crippen molar-refractivity contribution in [3.63, 3.8) is 0 Å². The van der Waals surface area contributed by atoms with Crippen molar-refractivity contribution in [3.8, 4) is 5.75 Å². The number of nitrogens with zero attached hydrogens (tertiary/aromatic N) is 1. The Hall–Kier alpha value is -2.41. The molecule has 1 saturated heterocycles. The summed E-state index contributed by atoms with van der Waals surface area (Å²) in [6, 6.07) is 11.6. The number of rotatable bonds is 5. The van der Waals surface area contributed by atoms with Crippen molar-refractivity contribution in [2.75, 3.05) is 23.4 Å². The summed E-state index contributed by atoms with van der Waals surface area (Å²) in [6.07, 6.45) is 0.0738. The SMILES string of the molecule is CCOc1ccccc1N1C[C@H](C(=O)Nc2ccc(Br)cc2F)CC1=O. The third-order valence-corrected chi connectivity index (χ3v) is 4.63. The van der Waals surface area contributed by atoms with Gasteiger partial charge in [0.2, 0.25) is 11.8 Å². The molecule has 136 valence electrons. The van der Waals surface area contributed by atoms with Crippen LogP contribution in [0.1, 0.15) is 13.3 Å². The zero-order valence-electron chi connectivity index (χ0n) is 14.2. The van der Waals surface area contributed by atoms with Gasteiger partial charge in [-0.1, -0.05) is 28.1 Å². The molecular formula is C19H18BrFN2O3. The van der Waals surface area contributed by atoms with Crippen LogP contribution in [0.15, 0.2) is 46.9 Å². The number of carbonyl (C=O) groups is 2. The molecule has 1 aliphatic rings. The van der Waals surface area contributed by atoms with Crippen LogP contribution in [0.4, 0.5) is 15.8 Å². The molecule has 0 unspecified atom stereocenters. The van der Waals surface area contributed by atoms with E-state index in [0.717, 1.165) is 0 Å². The molecule has 1 atom stereocenters. The van der Waals surface area contributed by atoms with Crippen molar-refractivity contribution in [2.45, 2.75) is 13.3 Å². The molecule has 0 radical (unpaired) electrons. The number of nitrogens with one attached hydrogen (secondary N) is 1. The quantitative estimate of drug-likeness (QED) is 0.795. The lowest BCUT2D eigenvalue weighted by atomic mass is 10.1. The first-order valence-corrected chi connectivity index (χ1v) is 9.07. The van der Waals surface area contributed by atoms with Crippen LogP contribution in [0.2, 0.25) is 0 Å². The zero-order valence-corrected chi connectivity index (χ0v) is 15.8. The van der Waals surface area contributed by atoms with Gasteiger partial charge >= 0.3 is 0 Å². The van der Waals surface area contributed by atoms with Crippen molar-refractivity contribution in [1.29, 1.82) is 0 Å². The van der Waals surface area contributed by atoms with E-state index in [-0.39, 0.29) is 30.5 Å².